The molecule has 0 saturated carbocycles. The number of aliphatic hydroxyl groups is 21. The number of aliphatic hydroxyl groups excluding tert-OH is 21. The molecule has 21 aliphatic heterocycles. The highest BCUT2D eigenvalue weighted by Gasteiger charge is 2.59. The summed E-state index contributed by atoms with van der Waals surface area (Å²) < 4.78 is 91.2. The minimum Gasteiger partial charge on any atom is -0.460 e. The zero-order valence-electron chi connectivity index (χ0n) is 46.2. The lowest BCUT2D eigenvalue weighted by molar-refractivity contribution is -0.397. The average Bonchev–Trinajstić information content (AvgIpc) is 1.60. The molecule has 1 unspecified atom stereocenters. The number of ether oxygens (including phenoxy) is 16. The Balaban J connectivity index is 1.09. The Morgan fingerprint density at radius 2 is 0.529 bits per heavy atom. The average molecular weight is 1280 g/mol. The zero-order valence-corrected chi connectivity index (χ0v) is 46.2. The molecule has 21 fully saturated rings. The molecule has 0 aliphatic carbocycles. The van der Waals surface area contributed by atoms with Crippen LogP contribution < -0.4 is 0 Å². The molecule has 0 radical (unpaired) electrons. The van der Waals surface area contributed by atoms with Gasteiger partial charge in [-0.2, -0.15) is 0 Å². The van der Waals surface area contributed by atoms with E-state index in [1.165, 1.54) is 6.92 Å². The van der Waals surface area contributed by atoms with Crippen LogP contribution in [0.2, 0.25) is 0 Å². The van der Waals surface area contributed by atoms with Crippen LogP contribution in [0.15, 0.2) is 12.2 Å². The summed E-state index contributed by atoms with van der Waals surface area (Å²) in [6, 6.07) is 0. The van der Waals surface area contributed by atoms with Gasteiger partial charge in [-0.15, -0.1) is 0 Å². The van der Waals surface area contributed by atoms with E-state index >= 15 is 0 Å². The van der Waals surface area contributed by atoms with Gasteiger partial charge < -0.3 is 183 Å². The van der Waals surface area contributed by atoms with Gasteiger partial charge in [0, 0.05) is 5.57 Å². The predicted octanol–water partition coefficient (Wildman–Crippen LogP) is -14.7. The molecule has 0 aromatic heterocycles. The Bertz CT molecular complexity index is 2140. The minimum absolute atomic E-state index is 0.000574. The molecule has 38 nitrogen and oxygen atoms in total. The number of rotatable bonds is 13. The molecule has 504 valence electrons. The second kappa shape index (κ2) is 30.7. The molecule has 0 amide bonds. The van der Waals surface area contributed by atoms with Crippen LogP contribution in [-0.4, -0.2) is 394 Å². The quantitative estimate of drug-likeness (QED) is 0.0601. The molecule has 21 N–H and O–H groups in total. The third-order valence-corrected chi connectivity index (χ3v) is 16.0. The summed E-state index contributed by atoms with van der Waals surface area (Å²) in [5.41, 5.74) is 0.000574. The second-order valence-electron chi connectivity index (χ2n) is 22.0. The molecule has 0 aromatic rings. The van der Waals surface area contributed by atoms with E-state index in [-0.39, 0.29) is 5.57 Å². The Morgan fingerprint density at radius 3 is 0.724 bits per heavy atom. The van der Waals surface area contributed by atoms with Crippen molar-refractivity contribution in [2.45, 2.75) is 228 Å². The van der Waals surface area contributed by atoms with E-state index in [9.17, 15) is 112 Å². The fourth-order valence-corrected chi connectivity index (χ4v) is 11.1. The summed E-state index contributed by atoms with van der Waals surface area (Å²) in [4.78, 5) is 12.0. The van der Waals surface area contributed by atoms with Crippen molar-refractivity contribution in [2.75, 3.05) is 59.5 Å². The molecule has 21 heterocycles. The summed E-state index contributed by atoms with van der Waals surface area (Å²) in [5.74, 6) is -0.857. The van der Waals surface area contributed by atoms with Gasteiger partial charge in [-0.05, 0) is 6.92 Å². The highest BCUT2D eigenvalue weighted by atomic mass is 16.8. The summed E-state index contributed by atoms with van der Waals surface area (Å²) >= 11 is 0. The van der Waals surface area contributed by atoms with Gasteiger partial charge >= 0.3 is 5.97 Å². The van der Waals surface area contributed by atoms with Crippen LogP contribution in [-0.2, 0) is 80.6 Å². The SMILES string of the molecule is C=C(C)C(=O)OCC(O)COC[C@H]1O[C@@H]2O[C@H]3[C@H](O)[C@@H](O)[C@@H](O[C@H]4[C@H](O)[C@@H](O)[C@@H](O[C@H]5[C@H](O)[C@@H](O)[C@@H](O[C@H]6[C@H](O)[C@@H](O)[C@@H](O[C@H]7[C@H](O)[C@@H](O)[C@@H](O[C@H]8[C@H](O)[C@@H](O)[C@@H](O[C@H]1[C@H](O)[C@H]2O)O[C@@H]8CO)O[C@@H]7CO)O[C@@H]6CO)O[C@@H]5CO)O[C@@H]4CO)O[C@@H]3CO. The van der Waals surface area contributed by atoms with Crippen LogP contribution >= 0.6 is 0 Å². The molecular weight excluding hydrogens is 1200 g/mol. The van der Waals surface area contributed by atoms with Gasteiger partial charge in [0.05, 0.1) is 52.9 Å². The topological polar surface area (TPSA) is 590 Å². The Hall–Kier alpha value is -2.23. The maximum absolute atomic E-state index is 12.0. The van der Waals surface area contributed by atoms with E-state index in [1.54, 1.807) is 0 Å². The van der Waals surface area contributed by atoms with E-state index in [1.807, 2.05) is 0 Å². The van der Waals surface area contributed by atoms with Gasteiger partial charge in [0.1, 0.15) is 184 Å². The van der Waals surface area contributed by atoms with Gasteiger partial charge in [-0.25, -0.2) is 4.79 Å². The van der Waals surface area contributed by atoms with Gasteiger partial charge in [-0.3, -0.25) is 0 Å². The lowest BCUT2D eigenvalue weighted by atomic mass is 9.95. The molecular formula is C49H80O38. The van der Waals surface area contributed by atoms with Crippen LogP contribution in [0.5, 0.6) is 0 Å². The fourth-order valence-electron chi connectivity index (χ4n) is 11.1. The van der Waals surface area contributed by atoms with Crippen LogP contribution in [0.3, 0.4) is 0 Å². The molecule has 87 heavy (non-hydrogen) atoms. The van der Waals surface area contributed by atoms with Crippen molar-refractivity contribution in [3.05, 3.63) is 12.2 Å². The van der Waals surface area contributed by atoms with E-state index in [0.29, 0.717) is 0 Å². The first-order valence-electron chi connectivity index (χ1n) is 27.8. The largest absolute Gasteiger partial charge is 0.460 e. The monoisotopic (exact) mass is 1280 g/mol. The minimum atomic E-state index is -2.28. The van der Waals surface area contributed by atoms with E-state index in [0.717, 1.165) is 0 Å². The zero-order chi connectivity index (χ0) is 63.6. The van der Waals surface area contributed by atoms with Gasteiger partial charge in [0.2, 0.25) is 0 Å². The van der Waals surface area contributed by atoms with Crippen LogP contribution in [0, 0.1) is 0 Å². The van der Waals surface area contributed by atoms with Crippen molar-refractivity contribution in [1.82, 2.24) is 0 Å². The first-order valence-corrected chi connectivity index (χ1v) is 27.8. The van der Waals surface area contributed by atoms with Crippen molar-refractivity contribution >= 4 is 5.97 Å². The summed E-state index contributed by atoms with van der Waals surface area (Å²) in [7, 11) is 0. The third-order valence-electron chi connectivity index (χ3n) is 16.0. The van der Waals surface area contributed by atoms with Crippen LogP contribution in [0.4, 0.5) is 0 Å². The van der Waals surface area contributed by atoms with Crippen molar-refractivity contribution in [1.29, 1.82) is 0 Å². The fraction of sp³-hybridized carbons (Fsp3) is 0.939. The summed E-state index contributed by atoms with van der Waals surface area (Å²) in [5, 5.41) is 234. The Labute approximate surface area is 492 Å². The number of esters is 1. The first kappa shape index (κ1) is 70.6. The smallest absolute Gasteiger partial charge is 0.333 e. The van der Waals surface area contributed by atoms with Crippen molar-refractivity contribution < 1.29 is 188 Å². The Morgan fingerprint density at radius 1 is 0.333 bits per heavy atom. The van der Waals surface area contributed by atoms with Crippen LogP contribution in [0.1, 0.15) is 6.92 Å². The third kappa shape index (κ3) is 15.1. The molecule has 0 aromatic carbocycles. The number of hydrogen-bond donors (Lipinski definition) is 21. The maximum Gasteiger partial charge on any atom is 0.333 e. The van der Waals surface area contributed by atoms with Crippen molar-refractivity contribution in [2.24, 2.45) is 0 Å². The standard InChI is InChI=1S/C49H80O38/c1-12(2)42(71)73-10-13(56)9-72-11-20-41-27(63)34(70)49(80-20)86-40-19(8-55)78-47(32(68)25(40)61)84-38-17(6-53)76-45(30(66)23(38)59)82-36-15(4-51)74-43(28(64)21(36)57)81-35-14(3-50)75-44(29(65)22(35)58)83-37-16(5-52)77-46(31(67)24(37)60)85-39-18(7-54)79-48(87-41)33(69)26(39)62/h13-41,43-70H,1,3-11H2,2H3/t13?,14-,15-,16-,17-,18-,19-,20-,21-,22-,23-,24-,25-,26-,27-,28-,29-,30-,31-,32-,33-,34-,35-,36-,37-,38-,39-,40-,41-,43-,44-,45-,46-,47-,48-,49-/m1/s1. The highest BCUT2D eigenvalue weighted by Crippen LogP contribution is 2.39. The Kier molecular flexibility index (Phi) is 24.9. The van der Waals surface area contributed by atoms with Crippen molar-refractivity contribution in [3.8, 4) is 0 Å². The number of hydrogen-bond acceptors (Lipinski definition) is 38. The summed E-state index contributed by atoms with van der Waals surface area (Å²) in [6.07, 6.45) is -73.3. The van der Waals surface area contributed by atoms with Crippen LogP contribution in [0.25, 0.3) is 0 Å². The molecule has 14 bridgehead atoms. The van der Waals surface area contributed by atoms with E-state index in [2.05, 4.69) is 6.58 Å². The molecule has 21 aliphatic rings. The first-order chi connectivity index (χ1) is 41.3. The number of carbonyl (C=O) groups is 1. The lowest BCUT2D eigenvalue weighted by Gasteiger charge is -2.50. The number of carbonyl (C=O) groups excluding carboxylic acids is 1. The van der Waals surface area contributed by atoms with Gasteiger partial charge in [0.15, 0.2) is 44.0 Å². The van der Waals surface area contributed by atoms with Gasteiger partial charge in [0.25, 0.3) is 0 Å². The lowest BCUT2D eigenvalue weighted by Crippen LogP contribution is -2.68. The van der Waals surface area contributed by atoms with E-state index in [4.69, 9.17) is 75.8 Å². The highest BCUT2D eigenvalue weighted by molar-refractivity contribution is 5.86. The van der Waals surface area contributed by atoms with Gasteiger partial charge in [-0.1, -0.05) is 6.58 Å². The maximum atomic E-state index is 12.0. The van der Waals surface area contributed by atoms with Crippen molar-refractivity contribution in [3.63, 3.8) is 0 Å². The normalized spacial score (nSPS) is 50.6. The summed E-state index contributed by atoms with van der Waals surface area (Å²) in [6.45, 7) is -3.69. The second-order valence-corrected chi connectivity index (χ2v) is 22.0. The predicted molar refractivity (Wildman–Crippen MR) is 264 cm³/mol. The molecule has 0 spiro atoms. The van der Waals surface area contributed by atoms with E-state index < -0.39 is 286 Å². The molecule has 36 atom stereocenters. The molecule has 21 saturated heterocycles. The molecule has 38 heteroatoms. The molecule has 21 rings (SSSR count).